The fourth-order valence-corrected chi connectivity index (χ4v) is 4.07. The summed E-state index contributed by atoms with van der Waals surface area (Å²) in [5.74, 6) is 0.513. The summed E-state index contributed by atoms with van der Waals surface area (Å²) in [6, 6.07) is 0. The number of likely N-dealkylation sites (tertiary alicyclic amines) is 2. The predicted molar refractivity (Wildman–Crippen MR) is 94.1 cm³/mol. The van der Waals surface area contributed by atoms with Crippen molar-refractivity contribution >= 4 is 18.3 Å². The van der Waals surface area contributed by atoms with Gasteiger partial charge in [-0.1, -0.05) is 12.8 Å². The zero-order valence-electron chi connectivity index (χ0n) is 15.0. The topological polar surface area (TPSA) is 90.0 Å². The molecule has 3 saturated heterocycles. The van der Waals surface area contributed by atoms with Crippen molar-refractivity contribution in [2.24, 2.45) is 5.41 Å². The van der Waals surface area contributed by atoms with Crippen LogP contribution in [0.25, 0.3) is 0 Å². The lowest BCUT2D eigenvalue weighted by atomic mass is 9.73. The Morgan fingerprint density at radius 2 is 1.68 bits per heavy atom. The van der Waals surface area contributed by atoms with Crippen LogP contribution < -0.4 is 5.32 Å². The lowest BCUT2D eigenvalue weighted by Crippen LogP contribution is -2.51. The lowest BCUT2D eigenvalue weighted by molar-refractivity contribution is -0.133. The van der Waals surface area contributed by atoms with E-state index in [4.69, 9.17) is 9.90 Å². The van der Waals surface area contributed by atoms with Crippen molar-refractivity contribution in [2.75, 3.05) is 39.3 Å². The van der Waals surface area contributed by atoms with Crippen LogP contribution in [0.2, 0.25) is 0 Å². The number of hydrogen-bond acceptors (Lipinski definition) is 4. The summed E-state index contributed by atoms with van der Waals surface area (Å²) in [4.78, 5) is 36.5. The highest BCUT2D eigenvalue weighted by atomic mass is 16.3. The molecule has 0 aromatic rings. The smallest absolute Gasteiger partial charge is 0.290 e. The molecule has 0 aliphatic carbocycles. The van der Waals surface area contributed by atoms with E-state index in [0.29, 0.717) is 24.3 Å². The molecular formula is C18H31N3O4. The molecule has 3 aliphatic rings. The average Bonchev–Trinajstić information content (AvgIpc) is 2.90. The maximum atomic E-state index is 12.5. The van der Waals surface area contributed by atoms with Gasteiger partial charge in [0.15, 0.2) is 0 Å². The van der Waals surface area contributed by atoms with Gasteiger partial charge in [-0.3, -0.25) is 19.3 Å². The molecule has 2 N–H and O–H groups in total. The van der Waals surface area contributed by atoms with Crippen molar-refractivity contribution in [3.8, 4) is 0 Å². The van der Waals surface area contributed by atoms with Gasteiger partial charge in [0.1, 0.15) is 0 Å². The number of nitrogens with one attached hydrogen (secondary N) is 1. The maximum Gasteiger partial charge on any atom is 0.290 e. The minimum absolute atomic E-state index is 0.199. The molecular weight excluding hydrogens is 322 g/mol. The third-order valence-electron chi connectivity index (χ3n) is 5.78. The monoisotopic (exact) mass is 353 g/mol. The number of carbonyl (C=O) groups is 3. The van der Waals surface area contributed by atoms with Crippen molar-refractivity contribution in [3.05, 3.63) is 0 Å². The zero-order chi connectivity index (χ0) is 18.1. The third kappa shape index (κ3) is 5.99. The molecule has 3 heterocycles. The normalized spacial score (nSPS) is 23.8. The second-order valence-electron chi connectivity index (χ2n) is 7.45. The van der Waals surface area contributed by atoms with E-state index < -0.39 is 0 Å². The third-order valence-corrected chi connectivity index (χ3v) is 5.78. The standard InChI is InChI=1S/C17H29N3O2.CH2O2/c21-15-5-6-17(14-18-15)7-11-19(12-8-17)13-16(22)20-9-3-1-2-4-10-20;2-1-3/h1-14H2,(H,18,21);1H,(H,2,3). The molecule has 0 aromatic heterocycles. The maximum absolute atomic E-state index is 12.5. The van der Waals surface area contributed by atoms with Crippen LogP contribution in [0.3, 0.4) is 0 Å². The Labute approximate surface area is 149 Å². The largest absolute Gasteiger partial charge is 0.483 e. The molecule has 0 bridgehead atoms. The van der Waals surface area contributed by atoms with E-state index in [1.165, 1.54) is 12.8 Å². The van der Waals surface area contributed by atoms with Gasteiger partial charge in [0.05, 0.1) is 6.54 Å². The molecule has 0 unspecified atom stereocenters. The fourth-order valence-electron chi connectivity index (χ4n) is 4.07. The number of carboxylic acid groups (broad SMARTS) is 1. The average molecular weight is 353 g/mol. The first kappa shape index (κ1) is 19.7. The van der Waals surface area contributed by atoms with Crippen LogP contribution in [-0.4, -0.2) is 72.5 Å². The van der Waals surface area contributed by atoms with Crippen LogP contribution in [0.1, 0.15) is 51.4 Å². The summed E-state index contributed by atoms with van der Waals surface area (Å²) in [7, 11) is 0. The van der Waals surface area contributed by atoms with Crippen molar-refractivity contribution in [1.82, 2.24) is 15.1 Å². The molecule has 1 spiro atoms. The van der Waals surface area contributed by atoms with Gasteiger partial charge in [-0.25, -0.2) is 0 Å². The highest BCUT2D eigenvalue weighted by molar-refractivity contribution is 5.78. The molecule has 3 fully saturated rings. The van der Waals surface area contributed by atoms with E-state index in [0.717, 1.165) is 64.8 Å². The van der Waals surface area contributed by atoms with E-state index in [1.807, 2.05) is 0 Å². The molecule has 2 amide bonds. The predicted octanol–water partition coefficient (Wildman–Crippen LogP) is 1.08. The fraction of sp³-hybridized carbons (Fsp3) is 0.833. The molecule has 3 rings (SSSR count). The van der Waals surface area contributed by atoms with Crippen LogP contribution in [0.4, 0.5) is 0 Å². The molecule has 7 nitrogen and oxygen atoms in total. The van der Waals surface area contributed by atoms with Gasteiger partial charge in [-0.05, 0) is 50.6 Å². The van der Waals surface area contributed by atoms with Gasteiger partial charge < -0.3 is 15.3 Å². The van der Waals surface area contributed by atoms with Crippen LogP contribution >= 0.6 is 0 Å². The number of piperidine rings is 2. The van der Waals surface area contributed by atoms with Gasteiger partial charge in [0.2, 0.25) is 11.8 Å². The van der Waals surface area contributed by atoms with Gasteiger partial charge in [0, 0.05) is 26.1 Å². The first-order valence-electron chi connectivity index (χ1n) is 9.43. The molecule has 0 aromatic carbocycles. The Morgan fingerprint density at radius 1 is 1.08 bits per heavy atom. The Hall–Kier alpha value is -1.63. The van der Waals surface area contributed by atoms with Crippen LogP contribution in [0.15, 0.2) is 0 Å². The number of amides is 2. The van der Waals surface area contributed by atoms with Gasteiger partial charge in [-0.15, -0.1) is 0 Å². The van der Waals surface area contributed by atoms with Crippen LogP contribution in [0.5, 0.6) is 0 Å². The van der Waals surface area contributed by atoms with E-state index in [-0.39, 0.29) is 12.4 Å². The molecule has 142 valence electrons. The number of rotatable bonds is 2. The van der Waals surface area contributed by atoms with Crippen molar-refractivity contribution < 1.29 is 19.5 Å². The zero-order valence-corrected chi connectivity index (χ0v) is 15.0. The first-order chi connectivity index (χ1) is 12.1. The molecule has 3 aliphatic heterocycles. The number of carbonyl (C=O) groups excluding carboxylic acids is 2. The summed E-state index contributed by atoms with van der Waals surface area (Å²) in [6.45, 7) is 5.05. The SMILES string of the molecule is O=C1CCC2(CCN(CC(=O)N3CCCCCC3)CC2)CN1.O=CO. The second-order valence-corrected chi connectivity index (χ2v) is 7.45. The van der Waals surface area contributed by atoms with Gasteiger partial charge in [-0.2, -0.15) is 0 Å². The number of hydrogen-bond donors (Lipinski definition) is 2. The van der Waals surface area contributed by atoms with E-state index in [2.05, 4.69) is 15.1 Å². The molecule has 0 radical (unpaired) electrons. The van der Waals surface area contributed by atoms with Crippen molar-refractivity contribution in [1.29, 1.82) is 0 Å². The molecule has 0 saturated carbocycles. The van der Waals surface area contributed by atoms with E-state index in [1.54, 1.807) is 0 Å². The highest BCUT2D eigenvalue weighted by Crippen LogP contribution is 2.37. The summed E-state index contributed by atoms with van der Waals surface area (Å²) < 4.78 is 0. The summed E-state index contributed by atoms with van der Waals surface area (Å²) in [5, 5.41) is 9.91. The van der Waals surface area contributed by atoms with Crippen molar-refractivity contribution in [2.45, 2.75) is 51.4 Å². The summed E-state index contributed by atoms with van der Waals surface area (Å²) >= 11 is 0. The minimum Gasteiger partial charge on any atom is -0.483 e. The molecule has 0 atom stereocenters. The quantitative estimate of drug-likeness (QED) is 0.725. The molecule has 7 heteroatoms. The van der Waals surface area contributed by atoms with Crippen LogP contribution in [-0.2, 0) is 14.4 Å². The Bertz CT molecular complexity index is 441. The highest BCUT2D eigenvalue weighted by Gasteiger charge is 2.38. The lowest BCUT2D eigenvalue weighted by Gasteiger charge is -2.44. The summed E-state index contributed by atoms with van der Waals surface area (Å²) in [5.41, 5.74) is 0.302. The molecule has 25 heavy (non-hydrogen) atoms. The van der Waals surface area contributed by atoms with Crippen LogP contribution in [0, 0.1) is 5.41 Å². The van der Waals surface area contributed by atoms with Crippen molar-refractivity contribution in [3.63, 3.8) is 0 Å². The Balaban J connectivity index is 0.000000701. The number of nitrogens with zero attached hydrogens (tertiary/aromatic N) is 2. The Morgan fingerprint density at radius 3 is 2.20 bits per heavy atom. The van der Waals surface area contributed by atoms with E-state index in [9.17, 15) is 9.59 Å². The van der Waals surface area contributed by atoms with Gasteiger partial charge in [0.25, 0.3) is 6.47 Å². The minimum atomic E-state index is -0.250. The Kier molecular flexibility index (Phi) is 7.68. The van der Waals surface area contributed by atoms with Gasteiger partial charge >= 0.3 is 0 Å². The van der Waals surface area contributed by atoms with E-state index >= 15 is 0 Å². The second kappa shape index (κ2) is 9.75. The first-order valence-corrected chi connectivity index (χ1v) is 9.43. The summed E-state index contributed by atoms with van der Waals surface area (Å²) in [6.07, 6.45) is 8.77.